The highest BCUT2D eigenvalue weighted by atomic mass is 17.8. The highest BCUT2D eigenvalue weighted by Crippen LogP contribution is 2.24. The van der Waals surface area contributed by atoms with E-state index in [0.29, 0.717) is 6.61 Å². The zero-order valence-electron chi connectivity index (χ0n) is 18.4. The number of cyclic esters (lactones) is 2. The zero-order chi connectivity index (χ0) is 21.9. The first-order valence-corrected chi connectivity index (χ1v) is 11.3. The molecule has 1 heterocycles. The molecule has 1 fully saturated rings. The maximum absolute atomic E-state index is 11.4. The average molecular weight is 435 g/mol. The molecule has 0 radical (unpaired) electrons. The summed E-state index contributed by atoms with van der Waals surface area (Å²) >= 11 is 0. The van der Waals surface area contributed by atoms with Gasteiger partial charge in [0, 0.05) is 0 Å². The number of hydrogen-bond donors (Lipinski definition) is 0. The maximum atomic E-state index is 11.4. The second-order valence-corrected chi connectivity index (χ2v) is 7.85. The molecule has 0 amide bonds. The van der Waals surface area contributed by atoms with Crippen molar-refractivity contribution in [2.45, 2.75) is 97.3 Å². The standard InChI is InChI=1S/C21H38O9/c1-3-4-5-6-7-8-9-10-11-12-13-14-15-24-27-29-30-28-25-17-18(2)19-16-20(22)26-21(19)23/h18-19H,3-17H2,1-2H3. The Labute approximate surface area is 179 Å². The lowest BCUT2D eigenvalue weighted by Gasteiger charge is -2.12. The van der Waals surface area contributed by atoms with Gasteiger partial charge in [-0.15, -0.1) is 0 Å². The van der Waals surface area contributed by atoms with Gasteiger partial charge in [-0.25, -0.2) is 9.78 Å². The highest BCUT2D eigenvalue weighted by Gasteiger charge is 2.37. The van der Waals surface area contributed by atoms with E-state index >= 15 is 0 Å². The highest BCUT2D eigenvalue weighted by molar-refractivity contribution is 5.94. The summed E-state index contributed by atoms with van der Waals surface area (Å²) in [6.07, 6.45) is 15.2. The smallest absolute Gasteiger partial charge is 0.317 e. The molecule has 1 rings (SSSR count). The number of hydrogen-bond acceptors (Lipinski definition) is 9. The molecule has 0 aromatic heterocycles. The minimum absolute atomic E-state index is 0.0100. The molecule has 0 aliphatic carbocycles. The Morgan fingerprint density at radius 1 is 0.800 bits per heavy atom. The number of esters is 2. The largest absolute Gasteiger partial charge is 0.393 e. The molecule has 1 aliphatic rings. The molecule has 176 valence electrons. The van der Waals surface area contributed by atoms with Crippen LogP contribution in [-0.2, 0) is 44.3 Å². The third-order valence-electron chi connectivity index (χ3n) is 5.18. The van der Waals surface area contributed by atoms with Gasteiger partial charge in [-0.3, -0.25) is 9.59 Å². The third-order valence-corrected chi connectivity index (χ3v) is 5.18. The Morgan fingerprint density at radius 3 is 1.87 bits per heavy atom. The van der Waals surface area contributed by atoms with Crippen LogP contribution < -0.4 is 0 Å². The van der Waals surface area contributed by atoms with E-state index in [1.54, 1.807) is 6.92 Å². The van der Waals surface area contributed by atoms with Crippen LogP contribution >= 0.6 is 0 Å². The van der Waals surface area contributed by atoms with Crippen LogP contribution in [0.15, 0.2) is 0 Å². The molecule has 2 atom stereocenters. The summed E-state index contributed by atoms with van der Waals surface area (Å²) < 4.78 is 4.47. The Bertz CT molecular complexity index is 444. The van der Waals surface area contributed by atoms with E-state index < -0.39 is 17.9 Å². The van der Waals surface area contributed by atoms with Gasteiger partial charge in [0.2, 0.25) is 0 Å². The molecule has 0 bridgehead atoms. The number of carbonyl (C=O) groups is 2. The molecular weight excluding hydrogens is 396 g/mol. The Balaban J connectivity index is 1.74. The van der Waals surface area contributed by atoms with Crippen LogP contribution in [0.4, 0.5) is 0 Å². The van der Waals surface area contributed by atoms with Crippen molar-refractivity contribution in [2.75, 3.05) is 13.2 Å². The zero-order valence-corrected chi connectivity index (χ0v) is 18.4. The molecular formula is C21H38O9. The summed E-state index contributed by atoms with van der Waals surface area (Å²) in [5.41, 5.74) is 0. The van der Waals surface area contributed by atoms with Gasteiger partial charge < -0.3 is 4.74 Å². The summed E-state index contributed by atoms with van der Waals surface area (Å²) in [7, 11) is 0. The van der Waals surface area contributed by atoms with E-state index in [1.165, 1.54) is 64.2 Å². The van der Waals surface area contributed by atoms with Crippen molar-refractivity contribution in [3.8, 4) is 0 Å². The maximum Gasteiger partial charge on any atom is 0.317 e. The Kier molecular flexibility index (Phi) is 16.7. The van der Waals surface area contributed by atoms with Gasteiger partial charge >= 0.3 is 11.9 Å². The minimum Gasteiger partial charge on any atom is -0.393 e. The molecule has 9 heteroatoms. The number of unbranched alkanes of at least 4 members (excludes halogenated alkanes) is 11. The summed E-state index contributed by atoms with van der Waals surface area (Å²) in [5, 5.41) is 16.9. The molecule has 0 saturated carbocycles. The van der Waals surface area contributed by atoms with Crippen molar-refractivity contribution in [1.29, 1.82) is 0 Å². The van der Waals surface area contributed by atoms with Crippen LogP contribution in [0, 0.1) is 11.8 Å². The van der Waals surface area contributed by atoms with E-state index in [0.717, 1.165) is 12.8 Å². The van der Waals surface area contributed by atoms with Crippen molar-refractivity contribution in [2.24, 2.45) is 11.8 Å². The molecule has 30 heavy (non-hydrogen) atoms. The third kappa shape index (κ3) is 14.0. The van der Waals surface area contributed by atoms with Crippen molar-refractivity contribution in [1.82, 2.24) is 0 Å². The molecule has 0 aromatic rings. The predicted molar refractivity (Wildman–Crippen MR) is 106 cm³/mol. The van der Waals surface area contributed by atoms with Crippen LogP contribution in [0.3, 0.4) is 0 Å². The Hall–Kier alpha value is -1.10. The van der Waals surface area contributed by atoms with Crippen LogP contribution in [0.2, 0.25) is 0 Å². The fraction of sp³-hybridized carbons (Fsp3) is 0.905. The lowest BCUT2D eigenvalue weighted by Crippen LogP contribution is -2.21. The summed E-state index contributed by atoms with van der Waals surface area (Å²) in [6.45, 7) is 4.37. The summed E-state index contributed by atoms with van der Waals surface area (Å²) in [5.74, 6) is -1.91. The van der Waals surface area contributed by atoms with Gasteiger partial charge in [-0.2, -0.15) is 0 Å². The predicted octanol–water partition coefficient (Wildman–Crippen LogP) is 5.09. The second kappa shape index (κ2) is 18.7. The summed E-state index contributed by atoms with van der Waals surface area (Å²) in [4.78, 5) is 31.9. The first-order chi connectivity index (χ1) is 14.6. The van der Waals surface area contributed by atoms with Crippen molar-refractivity contribution >= 4 is 11.9 Å². The van der Waals surface area contributed by atoms with Crippen molar-refractivity contribution in [3.05, 3.63) is 0 Å². The van der Waals surface area contributed by atoms with Crippen LogP contribution in [0.25, 0.3) is 0 Å². The second-order valence-electron chi connectivity index (χ2n) is 7.85. The van der Waals surface area contributed by atoms with Gasteiger partial charge in [0.05, 0.1) is 25.6 Å². The molecule has 2 unspecified atom stereocenters. The minimum atomic E-state index is -0.553. The number of ether oxygens (including phenoxy) is 1. The number of rotatable bonds is 21. The fourth-order valence-electron chi connectivity index (χ4n) is 3.28. The van der Waals surface area contributed by atoms with Crippen LogP contribution in [-0.4, -0.2) is 25.2 Å². The molecule has 1 saturated heterocycles. The average Bonchev–Trinajstić information content (AvgIpc) is 3.07. The first kappa shape index (κ1) is 26.9. The van der Waals surface area contributed by atoms with E-state index in [1.807, 2.05) is 0 Å². The Morgan fingerprint density at radius 2 is 1.33 bits per heavy atom. The summed E-state index contributed by atoms with van der Waals surface area (Å²) in [6, 6.07) is 0. The quantitative estimate of drug-likeness (QED) is 0.0804. The lowest BCUT2D eigenvalue weighted by molar-refractivity contribution is -0.757. The molecule has 1 aliphatic heterocycles. The molecule has 9 nitrogen and oxygen atoms in total. The number of carbonyl (C=O) groups excluding carboxylic acids is 2. The van der Waals surface area contributed by atoms with E-state index in [9.17, 15) is 9.59 Å². The first-order valence-electron chi connectivity index (χ1n) is 11.3. The van der Waals surface area contributed by atoms with Crippen LogP contribution in [0.1, 0.15) is 97.3 Å². The van der Waals surface area contributed by atoms with Gasteiger partial charge in [0.1, 0.15) is 0 Å². The van der Waals surface area contributed by atoms with E-state index in [4.69, 9.17) is 9.78 Å². The SMILES string of the molecule is CCCCCCCCCCCCCCOOOOOOCC(C)C1CC(=O)OC1=O. The van der Waals surface area contributed by atoms with Crippen LogP contribution in [0.5, 0.6) is 0 Å². The van der Waals surface area contributed by atoms with Gasteiger partial charge in [0.25, 0.3) is 0 Å². The normalized spacial score (nSPS) is 17.5. The van der Waals surface area contributed by atoms with E-state index in [-0.39, 0.29) is 18.9 Å². The molecule has 0 N–H and O–H groups in total. The van der Waals surface area contributed by atoms with E-state index in [2.05, 4.69) is 31.8 Å². The van der Waals surface area contributed by atoms with Gasteiger partial charge in [0.15, 0.2) is 0 Å². The monoisotopic (exact) mass is 434 g/mol. The lowest BCUT2D eigenvalue weighted by atomic mass is 9.94. The molecule has 0 aromatic carbocycles. The topological polar surface area (TPSA) is 98.8 Å². The fourth-order valence-corrected chi connectivity index (χ4v) is 3.28. The van der Waals surface area contributed by atoms with Gasteiger partial charge in [-0.1, -0.05) is 84.5 Å². The van der Waals surface area contributed by atoms with Crippen molar-refractivity contribution in [3.63, 3.8) is 0 Å². The molecule has 0 spiro atoms. The van der Waals surface area contributed by atoms with Crippen molar-refractivity contribution < 1.29 is 44.3 Å². The van der Waals surface area contributed by atoms with Gasteiger partial charge in [-0.05, 0) is 32.5 Å².